The molecule has 6 atom stereocenters. The van der Waals surface area contributed by atoms with Gasteiger partial charge in [0.1, 0.15) is 26.7 Å². The van der Waals surface area contributed by atoms with Gasteiger partial charge in [0.25, 0.3) is 0 Å². The smallest absolute Gasteiger partial charge is 0.128 e. The number of aliphatic hydroxyl groups excluding tert-OH is 2. The molecule has 2 fully saturated rings. The van der Waals surface area contributed by atoms with Crippen molar-refractivity contribution in [1.29, 1.82) is 0 Å². The van der Waals surface area contributed by atoms with E-state index in [0.717, 1.165) is 0 Å². The van der Waals surface area contributed by atoms with Crippen molar-refractivity contribution >= 4 is 23.2 Å². The molecular weight excluding hydrogens is 517 g/mol. The molecule has 2 saturated heterocycles. The van der Waals surface area contributed by atoms with Crippen molar-refractivity contribution in [3.05, 3.63) is 6.61 Å². The van der Waals surface area contributed by atoms with Gasteiger partial charge >= 0.3 is 0 Å². The monoisotopic (exact) mass is 533 g/mol. The Morgan fingerprint density at radius 2 is 2.19 bits per heavy atom. The van der Waals surface area contributed by atoms with E-state index in [4.69, 9.17) is 39.0 Å². The third-order valence-electron chi connectivity index (χ3n) is 3.15. The number of hydrogen-bond acceptors (Lipinski definition) is 7. The van der Waals surface area contributed by atoms with Crippen molar-refractivity contribution in [2.45, 2.75) is 43.3 Å². The van der Waals surface area contributed by atoms with Crippen LogP contribution < -0.4 is 4.89 Å². The molecule has 0 aliphatic carbocycles. The molecule has 2 N–H and O–H groups in total. The minimum Gasteiger partial charge on any atom is -0.675 e. The summed E-state index contributed by atoms with van der Waals surface area (Å²) in [4.78, 5) is 12.0. The first-order valence-corrected chi connectivity index (χ1v) is 7.91. The zero-order chi connectivity index (χ0) is 14.8. The van der Waals surface area contributed by atoms with Crippen molar-refractivity contribution in [2.24, 2.45) is 0 Å². The van der Waals surface area contributed by atoms with E-state index in [-0.39, 0.29) is 59.6 Å². The third-order valence-corrected chi connectivity index (χ3v) is 4.22. The average molecular weight is 533 g/mol. The minimum absolute atomic E-state index is 0. The molecule has 21 heavy (non-hydrogen) atoms. The Morgan fingerprint density at radius 1 is 1.48 bits per heavy atom. The maximum atomic E-state index is 12.0. The Labute approximate surface area is 159 Å². The van der Waals surface area contributed by atoms with Gasteiger partial charge in [-0.15, -0.1) is 6.42 Å². The Hall–Kier alpha value is 1.60. The summed E-state index contributed by atoms with van der Waals surface area (Å²) in [6.45, 7) is 0.971. The summed E-state index contributed by atoms with van der Waals surface area (Å²) in [5.74, 6) is 0. The number of hydrogen-bond donors (Lipinski definition) is 2. The van der Waals surface area contributed by atoms with Gasteiger partial charge in [-0.05, 0) is 14.2 Å². The molecule has 3 unspecified atom stereocenters. The van der Waals surface area contributed by atoms with Gasteiger partial charge in [-0.2, -0.15) is 0 Å². The van der Waals surface area contributed by atoms with Crippen LogP contribution in [0.4, 0.5) is 0 Å². The second-order valence-electron chi connectivity index (χ2n) is 4.75. The third kappa shape index (κ3) is 6.20. The van der Waals surface area contributed by atoms with Crippen molar-refractivity contribution in [1.82, 2.24) is 0 Å². The molecule has 2 aliphatic rings. The first-order valence-electron chi connectivity index (χ1n) is 6.30. The molecular formula is C10H16B2O7PTh-2. The van der Waals surface area contributed by atoms with Crippen LogP contribution in [0.5, 0.6) is 0 Å². The largest absolute Gasteiger partial charge is 0.675 e. The van der Waals surface area contributed by atoms with Crippen LogP contribution in [-0.4, -0.2) is 69.3 Å². The molecule has 0 aromatic carbocycles. The van der Waals surface area contributed by atoms with Gasteiger partial charge in [0.15, 0.2) is 0 Å². The van der Waals surface area contributed by atoms with Gasteiger partial charge in [-0.3, -0.25) is 9.05 Å². The second kappa shape index (κ2) is 9.18. The molecule has 0 amide bonds. The van der Waals surface area contributed by atoms with Crippen molar-refractivity contribution < 1.29 is 73.6 Å². The maximum absolute atomic E-state index is 12.0. The van der Waals surface area contributed by atoms with Crippen molar-refractivity contribution in [2.75, 3.05) is 13.2 Å². The molecule has 0 aromatic heterocycles. The van der Waals surface area contributed by atoms with Gasteiger partial charge in [-0.25, -0.2) is 14.2 Å². The van der Waals surface area contributed by atoms with Crippen LogP contribution in [0.1, 0.15) is 12.8 Å². The maximum Gasteiger partial charge on any atom is 0.128 e. The quantitative estimate of drug-likeness (QED) is 0.236. The molecule has 0 spiro atoms. The Bertz CT molecular complexity index is 328. The first-order chi connectivity index (χ1) is 9.41. The van der Waals surface area contributed by atoms with Crippen LogP contribution in [0.25, 0.3) is 0 Å². The van der Waals surface area contributed by atoms with Gasteiger partial charge in [-0.1, -0.05) is 0 Å². The summed E-state index contributed by atoms with van der Waals surface area (Å²) >= 11 is 0. The van der Waals surface area contributed by atoms with Crippen LogP contribution in [0.3, 0.4) is 0 Å². The fourth-order valence-electron chi connectivity index (χ4n) is 2.09. The zero-order valence-corrected chi connectivity index (χ0v) is 16.3. The number of ether oxygens (including phenoxy) is 2. The molecule has 0 aromatic rings. The van der Waals surface area contributed by atoms with E-state index >= 15 is 0 Å². The predicted octanol–water partition coefficient (Wildman–Crippen LogP) is -1.82. The summed E-state index contributed by atoms with van der Waals surface area (Å²) in [6.07, 6.45) is -2.10. The van der Waals surface area contributed by atoms with Crippen LogP contribution >= 0.6 is 7.82 Å². The zero-order valence-electron chi connectivity index (χ0n) is 11.3. The van der Waals surface area contributed by atoms with E-state index in [1.807, 2.05) is 0 Å². The van der Waals surface area contributed by atoms with Gasteiger partial charge in [0.05, 0.1) is 18.8 Å². The number of aliphatic hydroxyl groups is 2. The van der Waals surface area contributed by atoms with Crippen LogP contribution in [0.15, 0.2) is 0 Å². The van der Waals surface area contributed by atoms with Crippen LogP contribution in [0.2, 0.25) is 0 Å². The van der Waals surface area contributed by atoms with Gasteiger partial charge in [0, 0.05) is 45.9 Å². The first kappa shape index (κ1) is 20.6. The normalized spacial score (nSPS) is 39.0. The average Bonchev–Trinajstić information content (AvgIpc) is 2.92. The molecule has 2 aliphatic heterocycles. The van der Waals surface area contributed by atoms with Gasteiger partial charge in [0.2, 0.25) is 0 Å². The van der Waals surface area contributed by atoms with E-state index in [1.165, 1.54) is 6.61 Å². The molecule has 0 bridgehead atoms. The topological polar surface area (TPSA) is 100 Å². The van der Waals surface area contributed by atoms with Crippen molar-refractivity contribution in [3.8, 4) is 0 Å². The molecule has 5 radical (unpaired) electrons. The molecule has 2 rings (SSSR count). The standard InChI is InChI=1S/C10H16B2O7P.Th/c11-10-3-7(8(4-13)18-10)19-20(12,15)17-5-9-6(14)1-2-16-9;/h2,6-10,13-14H,1,3-5H2;/q-2;/t6?,7?,8-,9-,10-,20?;/m1./s1. The summed E-state index contributed by atoms with van der Waals surface area (Å²) in [7, 11) is 7.18. The molecule has 2 heterocycles. The summed E-state index contributed by atoms with van der Waals surface area (Å²) in [5, 5.41) is 18.6. The Morgan fingerprint density at radius 3 is 2.76 bits per heavy atom. The summed E-state index contributed by atoms with van der Waals surface area (Å²) in [5.41, 5.74) is 0. The van der Waals surface area contributed by atoms with Gasteiger partial charge < -0.3 is 24.6 Å². The Balaban J connectivity index is 0.00000220. The number of rotatable bonds is 6. The predicted molar refractivity (Wildman–Crippen MR) is 69.4 cm³/mol. The molecule has 7 nitrogen and oxygen atoms in total. The SMILES string of the molecule is [B][C@H]1CC(O[P+]([B-])([O-])OC[C@H]2O[CH-]CC2O)[C@@H](CO)O1.[Th]. The van der Waals surface area contributed by atoms with E-state index in [9.17, 15) is 10.00 Å². The van der Waals surface area contributed by atoms with Crippen LogP contribution in [-0.2, 0) is 18.5 Å². The molecule has 115 valence electrons. The van der Waals surface area contributed by atoms with E-state index in [0.29, 0.717) is 6.42 Å². The Kier molecular flexibility index (Phi) is 9.03. The summed E-state index contributed by atoms with van der Waals surface area (Å²) < 4.78 is 20.4. The fourth-order valence-corrected chi connectivity index (χ4v) is 3.10. The van der Waals surface area contributed by atoms with Crippen molar-refractivity contribution in [3.63, 3.8) is 0 Å². The van der Waals surface area contributed by atoms with Crippen LogP contribution in [0, 0.1) is 46.5 Å². The minimum atomic E-state index is -3.85. The van der Waals surface area contributed by atoms with E-state index in [1.54, 1.807) is 0 Å². The molecule has 11 heteroatoms. The van der Waals surface area contributed by atoms with E-state index < -0.39 is 38.2 Å². The van der Waals surface area contributed by atoms with E-state index in [2.05, 4.69) is 0 Å². The molecule has 0 saturated carbocycles. The summed E-state index contributed by atoms with van der Waals surface area (Å²) in [6, 6.07) is -0.605. The second-order valence-corrected chi connectivity index (χ2v) is 6.30. The fraction of sp³-hybridized carbons (Fsp3) is 0.900.